The summed E-state index contributed by atoms with van der Waals surface area (Å²) in [6.45, 7) is 4.47. The molecule has 1 aromatic rings. The molecular weight excluding hydrogens is 280 g/mol. The van der Waals surface area contributed by atoms with Crippen LogP contribution in [-0.2, 0) is 0 Å². The van der Waals surface area contributed by atoms with Crippen LogP contribution in [0.5, 0.6) is 5.75 Å². The molecule has 1 unspecified atom stereocenters. The molecule has 5 nitrogen and oxygen atoms in total. The standard InChI is InChI=1S/C17H26N2O3/c1-3-10-17(2,12-20)19-16(21)18-14-6-4-5-7-15(14)22-11-13-8-9-13/h4-7,13,20H,3,8-12H2,1-2H3,(H2,18,19,21). The van der Waals surface area contributed by atoms with Crippen molar-refractivity contribution < 1.29 is 14.6 Å². The quantitative estimate of drug-likeness (QED) is 0.691. The van der Waals surface area contributed by atoms with Gasteiger partial charge in [-0.05, 0) is 44.2 Å². The molecule has 3 N–H and O–H groups in total. The van der Waals surface area contributed by atoms with E-state index in [1.54, 1.807) is 0 Å². The molecule has 0 aromatic heterocycles. The van der Waals surface area contributed by atoms with E-state index in [0.29, 0.717) is 24.0 Å². The summed E-state index contributed by atoms with van der Waals surface area (Å²) < 4.78 is 5.77. The van der Waals surface area contributed by atoms with Gasteiger partial charge in [-0.2, -0.15) is 0 Å². The van der Waals surface area contributed by atoms with Crippen molar-refractivity contribution in [1.82, 2.24) is 5.32 Å². The van der Waals surface area contributed by atoms with Crippen LogP contribution in [0.25, 0.3) is 0 Å². The van der Waals surface area contributed by atoms with Gasteiger partial charge in [-0.3, -0.25) is 0 Å². The van der Waals surface area contributed by atoms with E-state index in [-0.39, 0.29) is 12.6 Å². The number of anilines is 1. The number of aliphatic hydroxyl groups is 1. The van der Waals surface area contributed by atoms with Gasteiger partial charge in [0, 0.05) is 0 Å². The van der Waals surface area contributed by atoms with Gasteiger partial charge in [-0.15, -0.1) is 0 Å². The zero-order chi connectivity index (χ0) is 16.0. The van der Waals surface area contributed by atoms with Crippen molar-refractivity contribution in [2.24, 2.45) is 5.92 Å². The number of urea groups is 1. The lowest BCUT2D eigenvalue weighted by molar-refractivity contribution is 0.167. The maximum atomic E-state index is 12.2. The molecule has 1 atom stereocenters. The number of hydrogen-bond acceptors (Lipinski definition) is 3. The van der Waals surface area contributed by atoms with E-state index in [1.165, 1.54) is 12.8 Å². The molecule has 1 fully saturated rings. The summed E-state index contributed by atoms with van der Waals surface area (Å²) in [7, 11) is 0. The highest BCUT2D eigenvalue weighted by atomic mass is 16.5. The van der Waals surface area contributed by atoms with E-state index in [9.17, 15) is 9.90 Å². The Morgan fingerprint density at radius 3 is 2.77 bits per heavy atom. The maximum Gasteiger partial charge on any atom is 0.319 e. The van der Waals surface area contributed by atoms with Crippen molar-refractivity contribution in [3.63, 3.8) is 0 Å². The minimum absolute atomic E-state index is 0.0892. The second kappa shape index (κ2) is 7.49. The molecule has 1 aromatic carbocycles. The monoisotopic (exact) mass is 306 g/mol. The van der Waals surface area contributed by atoms with Gasteiger partial charge >= 0.3 is 6.03 Å². The second-order valence-electron chi connectivity index (χ2n) is 6.30. The Morgan fingerprint density at radius 2 is 2.14 bits per heavy atom. The zero-order valence-corrected chi connectivity index (χ0v) is 13.4. The molecule has 0 radical (unpaired) electrons. The third-order valence-corrected chi connectivity index (χ3v) is 3.87. The fraction of sp³-hybridized carbons (Fsp3) is 0.588. The fourth-order valence-electron chi connectivity index (χ4n) is 2.35. The lowest BCUT2D eigenvalue weighted by Crippen LogP contribution is -2.50. The Hall–Kier alpha value is -1.75. The number of para-hydroxylation sites is 2. The number of carbonyl (C=O) groups excluding carboxylic acids is 1. The van der Waals surface area contributed by atoms with Gasteiger partial charge in [-0.1, -0.05) is 25.5 Å². The number of carbonyl (C=O) groups is 1. The SMILES string of the molecule is CCCC(C)(CO)NC(=O)Nc1ccccc1OCC1CC1. The Morgan fingerprint density at radius 1 is 1.41 bits per heavy atom. The number of aliphatic hydroxyl groups excluding tert-OH is 1. The first-order valence-electron chi connectivity index (χ1n) is 7.98. The van der Waals surface area contributed by atoms with E-state index in [1.807, 2.05) is 38.1 Å². The fourth-order valence-corrected chi connectivity index (χ4v) is 2.35. The van der Waals surface area contributed by atoms with Gasteiger partial charge in [0.25, 0.3) is 0 Å². The molecule has 0 aliphatic heterocycles. The van der Waals surface area contributed by atoms with Crippen LogP contribution in [0.3, 0.4) is 0 Å². The lowest BCUT2D eigenvalue weighted by Gasteiger charge is -2.28. The molecule has 0 heterocycles. The minimum atomic E-state index is -0.608. The highest BCUT2D eigenvalue weighted by molar-refractivity contribution is 5.91. The summed E-state index contributed by atoms with van der Waals surface area (Å²) in [4.78, 5) is 12.2. The minimum Gasteiger partial charge on any atom is -0.491 e. The molecule has 1 saturated carbocycles. The van der Waals surface area contributed by atoms with Gasteiger partial charge in [0.15, 0.2) is 0 Å². The Bertz CT molecular complexity index is 502. The maximum absolute atomic E-state index is 12.2. The van der Waals surface area contributed by atoms with Crippen molar-refractivity contribution in [3.05, 3.63) is 24.3 Å². The van der Waals surface area contributed by atoms with Crippen molar-refractivity contribution in [2.75, 3.05) is 18.5 Å². The van der Waals surface area contributed by atoms with Gasteiger partial charge < -0.3 is 20.5 Å². The summed E-state index contributed by atoms with van der Waals surface area (Å²) in [5.41, 5.74) is 0.0419. The molecule has 1 aliphatic carbocycles. The second-order valence-corrected chi connectivity index (χ2v) is 6.30. The highest BCUT2D eigenvalue weighted by Gasteiger charge is 2.25. The van der Waals surface area contributed by atoms with Crippen LogP contribution in [0.15, 0.2) is 24.3 Å². The van der Waals surface area contributed by atoms with Crippen LogP contribution in [0.1, 0.15) is 39.5 Å². The number of benzene rings is 1. The third-order valence-electron chi connectivity index (χ3n) is 3.87. The number of hydrogen-bond donors (Lipinski definition) is 3. The number of amides is 2. The molecule has 0 saturated heterocycles. The Balaban J connectivity index is 1.95. The van der Waals surface area contributed by atoms with E-state index in [0.717, 1.165) is 12.8 Å². The molecule has 2 rings (SSSR count). The third kappa shape index (κ3) is 4.91. The van der Waals surface area contributed by atoms with E-state index in [2.05, 4.69) is 10.6 Å². The van der Waals surface area contributed by atoms with Gasteiger partial charge in [0.1, 0.15) is 5.75 Å². The highest BCUT2D eigenvalue weighted by Crippen LogP contribution is 2.31. The van der Waals surface area contributed by atoms with Gasteiger partial charge in [0.05, 0.1) is 24.4 Å². The summed E-state index contributed by atoms with van der Waals surface area (Å²) in [5.74, 6) is 1.34. The zero-order valence-electron chi connectivity index (χ0n) is 13.4. The van der Waals surface area contributed by atoms with Crippen LogP contribution in [0.4, 0.5) is 10.5 Å². The molecule has 5 heteroatoms. The predicted octanol–water partition coefficient (Wildman–Crippen LogP) is 3.15. The topological polar surface area (TPSA) is 70.6 Å². The summed E-state index contributed by atoms with van der Waals surface area (Å²) in [6.07, 6.45) is 4.05. The summed E-state index contributed by atoms with van der Waals surface area (Å²) in [6, 6.07) is 7.09. The Kier molecular flexibility index (Phi) is 5.66. The lowest BCUT2D eigenvalue weighted by atomic mass is 9.98. The average molecular weight is 306 g/mol. The van der Waals surface area contributed by atoms with Crippen LogP contribution < -0.4 is 15.4 Å². The van der Waals surface area contributed by atoms with Crippen molar-refractivity contribution >= 4 is 11.7 Å². The average Bonchev–Trinajstić information content (AvgIpc) is 3.30. The molecule has 0 bridgehead atoms. The molecule has 0 spiro atoms. The molecule has 122 valence electrons. The Labute approximate surface area is 132 Å². The summed E-state index contributed by atoms with van der Waals surface area (Å²) >= 11 is 0. The van der Waals surface area contributed by atoms with Gasteiger partial charge in [0.2, 0.25) is 0 Å². The van der Waals surface area contributed by atoms with E-state index < -0.39 is 5.54 Å². The van der Waals surface area contributed by atoms with Crippen molar-refractivity contribution in [1.29, 1.82) is 0 Å². The van der Waals surface area contributed by atoms with Crippen LogP contribution in [-0.4, -0.2) is 29.9 Å². The number of rotatable bonds is 8. The van der Waals surface area contributed by atoms with E-state index in [4.69, 9.17) is 4.74 Å². The van der Waals surface area contributed by atoms with Crippen LogP contribution in [0, 0.1) is 5.92 Å². The van der Waals surface area contributed by atoms with E-state index >= 15 is 0 Å². The molecular formula is C17H26N2O3. The molecule has 22 heavy (non-hydrogen) atoms. The van der Waals surface area contributed by atoms with Crippen molar-refractivity contribution in [2.45, 2.75) is 45.1 Å². The first-order chi connectivity index (χ1) is 10.6. The molecule has 1 aliphatic rings. The number of nitrogens with one attached hydrogen (secondary N) is 2. The largest absolute Gasteiger partial charge is 0.491 e. The normalized spacial score (nSPS) is 16.7. The van der Waals surface area contributed by atoms with Crippen LogP contribution >= 0.6 is 0 Å². The van der Waals surface area contributed by atoms with Crippen LogP contribution in [0.2, 0.25) is 0 Å². The first-order valence-corrected chi connectivity index (χ1v) is 7.98. The van der Waals surface area contributed by atoms with Gasteiger partial charge in [-0.25, -0.2) is 4.79 Å². The van der Waals surface area contributed by atoms with Crippen molar-refractivity contribution in [3.8, 4) is 5.75 Å². The smallest absolute Gasteiger partial charge is 0.319 e. The predicted molar refractivity (Wildman–Crippen MR) is 87.2 cm³/mol. The molecule has 2 amide bonds. The number of ether oxygens (including phenoxy) is 1. The summed E-state index contributed by atoms with van der Waals surface area (Å²) in [5, 5.41) is 15.1. The first kappa shape index (κ1) is 16.6.